The monoisotopic (exact) mass is 526 g/mol. The quantitative estimate of drug-likeness (QED) is 0.272. The van der Waals surface area contributed by atoms with E-state index >= 15 is 4.39 Å². The number of aromatic nitrogens is 4. The molecule has 0 spiro atoms. The van der Waals surface area contributed by atoms with Crippen LogP contribution in [0.15, 0.2) is 43.0 Å². The van der Waals surface area contributed by atoms with Gasteiger partial charge in [-0.05, 0) is 31.0 Å². The second kappa shape index (κ2) is 12.8. The summed E-state index contributed by atoms with van der Waals surface area (Å²) < 4.78 is 17.1. The Bertz CT molecular complexity index is 1210. The standard InChI is InChI=1S/C26H35FN8O3/c1-2-34(13-18-3-5-19(6-4-18)21-12-32-35(14-21)9-10-36)26-24(27)25(30-17-31-26)29-11-20-7-8-33(15-22(20)37)16-23(28)38/h3-6,12,14,17,20,22,36-37H,2,7-11,13,15-16H2,1H3,(H2,28,38)(H,29,30,31)/t20-,22+/m1/s1. The Kier molecular flexibility index (Phi) is 9.21. The lowest BCUT2D eigenvalue weighted by Crippen LogP contribution is -2.48. The highest BCUT2D eigenvalue weighted by atomic mass is 19.1. The van der Waals surface area contributed by atoms with Crippen LogP contribution in [0.25, 0.3) is 11.1 Å². The minimum atomic E-state index is -0.654. The fraction of sp³-hybridized carbons (Fsp3) is 0.462. The molecule has 3 aromatic rings. The van der Waals surface area contributed by atoms with Crippen LogP contribution in [0.3, 0.4) is 0 Å². The molecule has 1 amide bonds. The number of halogens is 1. The van der Waals surface area contributed by atoms with Gasteiger partial charge in [-0.1, -0.05) is 24.3 Å². The fourth-order valence-corrected chi connectivity index (χ4v) is 4.68. The first-order chi connectivity index (χ1) is 18.4. The van der Waals surface area contributed by atoms with E-state index in [1.165, 1.54) is 6.33 Å². The molecule has 0 aliphatic carbocycles. The molecule has 1 aromatic carbocycles. The zero-order valence-corrected chi connectivity index (χ0v) is 21.5. The van der Waals surface area contributed by atoms with E-state index < -0.39 is 17.8 Å². The van der Waals surface area contributed by atoms with Crippen molar-refractivity contribution in [2.24, 2.45) is 11.7 Å². The molecule has 0 radical (unpaired) electrons. The van der Waals surface area contributed by atoms with Gasteiger partial charge >= 0.3 is 0 Å². The van der Waals surface area contributed by atoms with Crippen LogP contribution in [0, 0.1) is 11.7 Å². The number of rotatable bonds is 12. The van der Waals surface area contributed by atoms with Crippen molar-refractivity contribution in [3.63, 3.8) is 0 Å². The molecule has 0 unspecified atom stereocenters. The summed E-state index contributed by atoms with van der Waals surface area (Å²) in [6, 6.07) is 7.97. The van der Waals surface area contributed by atoms with Crippen LogP contribution >= 0.6 is 0 Å². The van der Waals surface area contributed by atoms with Gasteiger partial charge in [-0.15, -0.1) is 0 Å². The van der Waals surface area contributed by atoms with Crippen molar-refractivity contribution in [3.8, 4) is 11.1 Å². The Hall–Kier alpha value is -3.61. The smallest absolute Gasteiger partial charge is 0.231 e. The lowest BCUT2D eigenvalue weighted by Gasteiger charge is -2.35. The molecule has 1 aliphatic rings. The highest BCUT2D eigenvalue weighted by molar-refractivity contribution is 5.75. The minimum absolute atomic E-state index is 0.0312. The summed E-state index contributed by atoms with van der Waals surface area (Å²) in [6.45, 7) is 4.87. The van der Waals surface area contributed by atoms with Gasteiger partial charge in [0.2, 0.25) is 11.7 Å². The van der Waals surface area contributed by atoms with Gasteiger partial charge < -0.3 is 26.2 Å². The molecule has 11 nitrogen and oxygen atoms in total. The third-order valence-corrected chi connectivity index (χ3v) is 6.79. The summed E-state index contributed by atoms with van der Waals surface area (Å²) in [5, 5.41) is 26.8. The molecule has 38 heavy (non-hydrogen) atoms. The molecule has 0 bridgehead atoms. The third-order valence-electron chi connectivity index (χ3n) is 6.79. The average Bonchev–Trinajstić information content (AvgIpc) is 3.37. The summed E-state index contributed by atoms with van der Waals surface area (Å²) >= 11 is 0. The first-order valence-electron chi connectivity index (χ1n) is 12.8. The third kappa shape index (κ3) is 6.82. The van der Waals surface area contributed by atoms with Gasteiger partial charge in [0, 0.05) is 43.9 Å². The number of benzene rings is 1. The molecular formula is C26H35FN8O3. The number of β-amino-alcohol motifs (C(OH)–C–C–N with tert-alkyl or cyclic N) is 1. The van der Waals surface area contributed by atoms with E-state index in [-0.39, 0.29) is 30.7 Å². The molecule has 0 saturated carbocycles. The number of nitrogens with one attached hydrogen (secondary N) is 1. The van der Waals surface area contributed by atoms with Crippen molar-refractivity contribution in [2.75, 3.05) is 49.5 Å². The summed E-state index contributed by atoms with van der Waals surface area (Å²) in [4.78, 5) is 23.1. The second-order valence-corrected chi connectivity index (χ2v) is 9.49. The maximum Gasteiger partial charge on any atom is 0.231 e. The molecule has 1 fully saturated rings. The molecule has 1 saturated heterocycles. The highest BCUT2D eigenvalue weighted by Crippen LogP contribution is 2.26. The van der Waals surface area contributed by atoms with Crippen molar-refractivity contribution >= 4 is 17.5 Å². The van der Waals surface area contributed by atoms with Gasteiger partial charge in [0.25, 0.3) is 0 Å². The highest BCUT2D eigenvalue weighted by Gasteiger charge is 2.28. The van der Waals surface area contributed by atoms with Crippen molar-refractivity contribution in [1.82, 2.24) is 24.6 Å². The number of hydrogen-bond donors (Lipinski definition) is 4. The first kappa shape index (κ1) is 27.4. The molecule has 12 heteroatoms. The molecule has 4 rings (SSSR count). The number of carbonyl (C=O) groups excluding carboxylic acids is 1. The van der Waals surface area contributed by atoms with Gasteiger partial charge in [0.1, 0.15) is 6.33 Å². The predicted octanol–water partition coefficient (Wildman–Crippen LogP) is 1.08. The van der Waals surface area contributed by atoms with Crippen molar-refractivity contribution in [3.05, 3.63) is 54.4 Å². The van der Waals surface area contributed by atoms with Crippen molar-refractivity contribution < 1.29 is 19.4 Å². The SMILES string of the molecule is CCN(Cc1ccc(-c2cnn(CCO)c2)cc1)c1ncnc(NC[C@H]2CCN(CC(N)=O)C[C@@H]2O)c1F. The van der Waals surface area contributed by atoms with Crippen molar-refractivity contribution in [2.45, 2.75) is 32.5 Å². The number of nitrogens with zero attached hydrogens (tertiary/aromatic N) is 6. The molecule has 5 N–H and O–H groups in total. The topological polar surface area (TPSA) is 146 Å². The molecule has 2 atom stereocenters. The van der Waals surface area contributed by atoms with Crippen LogP contribution in [0.2, 0.25) is 0 Å². The Morgan fingerprint density at radius 3 is 2.74 bits per heavy atom. The van der Waals surface area contributed by atoms with Crippen LogP contribution in [-0.2, 0) is 17.9 Å². The van der Waals surface area contributed by atoms with E-state index in [2.05, 4.69) is 20.4 Å². The number of hydrogen-bond acceptors (Lipinski definition) is 9. The predicted molar refractivity (Wildman–Crippen MR) is 142 cm³/mol. The molecule has 3 heterocycles. The van der Waals surface area contributed by atoms with Gasteiger partial charge in [-0.3, -0.25) is 14.4 Å². The van der Waals surface area contributed by atoms with Gasteiger partial charge in [0.15, 0.2) is 11.6 Å². The van der Waals surface area contributed by atoms with E-state index in [9.17, 15) is 9.90 Å². The Morgan fingerprint density at radius 1 is 1.26 bits per heavy atom. The molecule has 2 aromatic heterocycles. The van der Waals surface area contributed by atoms with Gasteiger partial charge in [-0.2, -0.15) is 9.49 Å². The Labute approximate surface area is 221 Å². The van der Waals surface area contributed by atoms with Crippen molar-refractivity contribution in [1.29, 1.82) is 0 Å². The molecule has 1 aliphatic heterocycles. The lowest BCUT2D eigenvalue weighted by atomic mass is 9.93. The van der Waals surface area contributed by atoms with Crippen LogP contribution in [0.5, 0.6) is 0 Å². The zero-order valence-electron chi connectivity index (χ0n) is 21.5. The second-order valence-electron chi connectivity index (χ2n) is 9.49. The molecular weight excluding hydrogens is 491 g/mol. The lowest BCUT2D eigenvalue weighted by molar-refractivity contribution is -0.120. The van der Waals surface area contributed by atoms with E-state index in [4.69, 9.17) is 10.8 Å². The fourth-order valence-electron chi connectivity index (χ4n) is 4.68. The number of nitrogens with two attached hydrogens (primary N) is 1. The maximum atomic E-state index is 15.4. The Morgan fingerprint density at radius 2 is 2.05 bits per heavy atom. The number of primary amides is 1. The number of aliphatic hydroxyl groups excluding tert-OH is 2. The van der Waals surface area contributed by atoms with E-state index in [1.807, 2.05) is 47.2 Å². The summed E-state index contributed by atoms with van der Waals surface area (Å²) in [5.74, 6) is -0.768. The minimum Gasteiger partial charge on any atom is -0.394 e. The van der Waals surface area contributed by atoms with E-state index in [1.54, 1.807) is 10.9 Å². The maximum absolute atomic E-state index is 15.4. The number of likely N-dealkylation sites (tertiary alicyclic amines) is 1. The normalized spacial score (nSPS) is 17.9. The number of piperidine rings is 1. The summed E-state index contributed by atoms with van der Waals surface area (Å²) in [5.41, 5.74) is 8.21. The summed E-state index contributed by atoms with van der Waals surface area (Å²) in [6.07, 6.45) is 4.98. The Balaban J connectivity index is 1.38. The van der Waals surface area contributed by atoms with E-state index in [0.717, 1.165) is 16.7 Å². The van der Waals surface area contributed by atoms with Crippen LogP contribution in [-0.4, -0.2) is 86.2 Å². The zero-order chi connectivity index (χ0) is 27.1. The molecule has 204 valence electrons. The first-order valence-corrected chi connectivity index (χ1v) is 12.8. The number of carbonyl (C=O) groups is 1. The largest absolute Gasteiger partial charge is 0.394 e. The van der Waals surface area contributed by atoms with Crippen LogP contribution in [0.4, 0.5) is 16.0 Å². The van der Waals surface area contributed by atoms with Crippen LogP contribution < -0.4 is 16.0 Å². The van der Waals surface area contributed by atoms with Gasteiger partial charge in [0.05, 0.1) is 32.0 Å². The number of amides is 1. The number of anilines is 2. The average molecular weight is 527 g/mol. The van der Waals surface area contributed by atoms with Gasteiger partial charge in [-0.25, -0.2) is 9.97 Å². The summed E-state index contributed by atoms with van der Waals surface area (Å²) in [7, 11) is 0. The number of aliphatic hydroxyl groups is 2. The van der Waals surface area contributed by atoms with E-state index in [0.29, 0.717) is 45.7 Å². The van der Waals surface area contributed by atoms with Crippen LogP contribution in [0.1, 0.15) is 18.9 Å².